The zero-order valence-electron chi connectivity index (χ0n) is 17.3. The van der Waals surface area contributed by atoms with E-state index in [2.05, 4.69) is 10.6 Å². The number of cyclic esters (lactones) is 1. The largest absolute Gasteiger partial charge is 0.449 e. The van der Waals surface area contributed by atoms with Gasteiger partial charge in [-0.15, -0.1) is 11.3 Å². The van der Waals surface area contributed by atoms with E-state index in [1.54, 1.807) is 36.4 Å². The highest BCUT2D eigenvalue weighted by atomic mass is 35.5. The van der Waals surface area contributed by atoms with Gasteiger partial charge < -0.3 is 20.5 Å². The summed E-state index contributed by atoms with van der Waals surface area (Å²) in [7, 11) is 0. The summed E-state index contributed by atoms with van der Waals surface area (Å²) in [5.41, 5.74) is 1.12. The van der Waals surface area contributed by atoms with Crippen LogP contribution >= 0.6 is 22.9 Å². The number of rotatable bonds is 6. The van der Waals surface area contributed by atoms with E-state index in [0.29, 0.717) is 46.5 Å². The Kier molecular flexibility index (Phi) is 6.98. The molecule has 3 amide bonds. The van der Waals surface area contributed by atoms with Crippen molar-refractivity contribution in [2.45, 2.75) is 31.3 Å². The van der Waals surface area contributed by atoms with Crippen molar-refractivity contribution in [3.63, 3.8) is 0 Å². The predicted molar refractivity (Wildman–Crippen MR) is 121 cm³/mol. The Hall–Kier alpha value is -2.62. The second kappa shape index (κ2) is 9.89. The number of aliphatic hydroxyl groups excluding tert-OH is 1. The molecule has 10 heteroatoms. The van der Waals surface area contributed by atoms with Crippen LogP contribution in [0.15, 0.2) is 36.4 Å². The predicted octanol–water partition coefficient (Wildman–Crippen LogP) is 3.05. The molecule has 1 aromatic heterocycles. The van der Waals surface area contributed by atoms with Crippen molar-refractivity contribution in [3.05, 3.63) is 51.2 Å². The molecule has 1 aromatic carbocycles. The van der Waals surface area contributed by atoms with Gasteiger partial charge in [0.15, 0.2) is 0 Å². The van der Waals surface area contributed by atoms with Crippen molar-refractivity contribution in [1.82, 2.24) is 10.6 Å². The number of anilines is 1. The molecular formula is C22H24ClN3O5S. The normalized spacial score (nSPS) is 23.0. The Morgan fingerprint density at radius 2 is 1.78 bits per heavy atom. The van der Waals surface area contributed by atoms with Gasteiger partial charge in [-0.3, -0.25) is 14.5 Å². The standard InChI is InChI=1S/C22H24ClN3O5S/c23-19-7-6-18(32-19)21(29)25-17-11-13(12-27)10-16(17)24-20(28)14-2-4-15(5-3-14)26-8-1-9-31-22(26)30/h2-7,13,16-17,27H,1,8-12H2,(H,24,28)(H,25,29)/t13-,16-,17+/m0/s1. The Bertz CT molecular complexity index is 996. The second-order valence-electron chi connectivity index (χ2n) is 7.95. The van der Waals surface area contributed by atoms with Crippen molar-refractivity contribution in [2.24, 2.45) is 5.92 Å². The molecule has 170 valence electrons. The van der Waals surface area contributed by atoms with Crippen molar-refractivity contribution >= 4 is 46.5 Å². The number of carbonyl (C=O) groups is 3. The molecule has 0 spiro atoms. The molecule has 1 aliphatic heterocycles. The van der Waals surface area contributed by atoms with E-state index in [4.69, 9.17) is 16.3 Å². The summed E-state index contributed by atoms with van der Waals surface area (Å²) in [6.07, 6.45) is 1.50. The molecule has 1 saturated carbocycles. The van der Waals surface area contributed by atoms with Gasteiger partial charge in [0, 0.05) is 36.5 Å². The van der Waals surface area contributed by atoms with E-state index in [9.17, 15) is 19.5 Å². The van der Waals surface area contributed by atoms with Gasteiger partial charge in [0.05, 0.1) is 15.8 Å². The van der Waals surface area contributed by atoms with Gasteiger partial charge in [-0.1, -0.05) is 11.6 Å². The van der Waals surface area contributed by atoms with E-state index >= 15 is 0 Å². The number of carbonyl (C=O) groups excluding carboxylic acids is 3. The summed E-state index contributed by atoms with van der Waals surface area (Å²) in [5, 5.41) is 15.6. The van der Waals surface area contributed by atoms with E-state index < -0.39 is 0 Å². The Labute approximate surface area is 194 Å². The van der Waals surface area contributed by atoms with Crippen LogP contribution in [0, 0.1) is 5.92 Å². The molecule has 0 bridgehead atoms. The van der Waals surface area contributed by atoms with Crippen LogP contribution in [0.1, 0.15) is 39.3 Å². The fraction of sp³-hybridized carbons (Fsp3) is 0.409. The molecule has 3 N–H and O–H groups in total. The highest BCUT2D eigenvalue weighted by Gasteiger charge is 2.36. The SMILES string of the molecule is O=C(N[C@H]1C[C@H](CO)C[C@H]1NC(=O)c1ccc(Cl)s1)c1ccc(N2CCCOC2=O)cc1. The lowest BCUT2D eigenvalue weighted by atomic mass is 10.1. The lowest BCUT2D eigenvalue weighted by Gasteiger charge is -2.26. The maximum absolute atomic E-state index is 12.8. The smallest absolute Gasteiger partial charge is 0.414 e. The molecule has 2 fully saturated rings. The number of hydrogen-bond acceptors (Lipinski definition) is 6. The van der Waals surface area contributed by atoms with Gasteiger partial charge >= 0.3 is 6.09 Å². The molecule has 0 unspecified atom stereocenters. The summed E-state index contributed by atoms with van der Waals surface area (Å²) in [5.74, 6) is -0.535. The van der Waals surface area contributed by atoms with Crippen LogP contribution in [0.4, 0.5) is 10.5 Å². The van der Waals surface area contributed by atoms with Crippen LogP contribution < -0.4 is 15.5 Å². The van der Waals surface area contributed by atoms with E-state index in [0.717, 1.165) is 6.42 Å². The number of halogens is 1. The van der Waals surface area contributed by atoms with Crippen molar-refractivity contribution in [1.29, 1.82) is 0 Å². The Balaban J connectivity index is 1.41. The fourth-order valence-corrected chi connectivity index (χ4v) is 5.06. The lowest BCUT2D eigenvalue weighted by Crippen LogP contribution is -2.48. The lowest BCUT2D eigenvalue weighted by molar-refractivity contribution is 0.0894. The van der Waals surface area contributed by atoms with Crippen molar-refractivity contribution in [3.8, 4) is 0 Å². The first-order valence-electron chi connectivity index (χ1n) is 10.5. The van der Waals surface area contributed by atoms with E-state index in [1.165, 1.54) is 16.2 Å². The number of thiophene rings is 1. The topological polar surface area (TPSA) is 108 Å². The minimum atomic E-state index is -0.389. The van der Waals surface area contributed by atoms with Gasteiger partial charge in [0.2, 0.25) is 0 Å². The second-order valence-corrected chi connectivity index (χ2v) is 9.67. The number of nitrogens with one attached hydrogen (secondary N) is 2. The number of aliphatic hydroxyl groups is 1. The van der Waals surface area contributed by atoms with Crippen LogP contribution in [-0.4, -0.2) is 54.9 Å². The van der Waals surface area contributed by atoms with E-state index in [-0.39, 0.29) is 42.5 Å². The maximum atomic E-state index is 12.8. The third-order valence-corrected chi connectivity index (χ3v) is 6.99. The molecule has 1 aliphatic carbocycles. The number of nitrogens with zero attached hydrogens (tertiary/aromatic N) is 1. The zero-order chi connectivity index (χ0) is 22.7. The molecule has 2 aromatic rings. The van der Waals surface area contributed by atoms with E-state index in [1.807, 2.05) is 0 Å². The first kappa shape index (κ1) is 22.6. The van der Waals surface area contributed by atoms with Crippen LogP contribution in [0.2, 0.25) is 4.34 Å². The van der Waals surface area contributed by atoms with Gasteiger partial charge in [-0.05, 0) is 61.6 Å². The summed E-state index contributed by atoms with van der Waals surface area (Å²) in [6.45, 7) is 0.985. The third kappa shape index (κ3) is 5.06. The summed E-state index contributed by atoms with van der Waals surface area (Å²) >= 11 is 7.11. The van der Waals surface area contributed by atoms with Gasteiger partial charge in [0.1, 0.15) is 0 Å². The quantitative estimate of drug-likeness (QED) is 0.592. The zero-order valence-corrected chi connectivity index (χ0v) is 18.8. The van der Waals surface area contributed by atoms with Crippen molar-refractivity contribution in [2.75, 3.05) is 24.7 Å². The minimum Gasteiger partial charge on any atom is -0.449 e. The minimum absolute atomic E-state index is 0.00925. The molecular weight excluding hydrogens is 454 g/mol. The highest BCUT2D eigenvalue weighted by molar-refractivity contribution is 7.18. The van der Waals surface area contributed by atoms with Crippen LogP contribution in [0.25, 0.3) is 0 Å². The third-order valence-electron chi connectivity index (χ3n) is 5.76. The molecule has 8 nitrogen and oxygen atoms in total. The number of amides is 3. The fourth-order valence-electron chi connectivity index (χ4n) is 4.12. The molecule has 0 radical (unpaired) electrons. The summed E-state index contributed by atoms with van der Waals surface area (Å²) in [4.78, 5) is 39.3. The van der Waals surface area contributed by atoms with Crippen LogP contribution in [0.3, 0.4) is 0 Å². The Morgan fingerprint density at radius 3 is 2.38 bits per heavy atom. The highest BCUT2D eigenvalue weighted by Crippen LogP contribution is 2.28. The van der Waals surface area contributed by atoms with Gasteiger partial charge in [-0.25, -0.2) is 4.79 Å². The molecule has 3 atom stereocenters. The van der Waals surface area contributed by atoms with Crippen LogP contribution in [-0.2, 0) is 4.74 Å². The number of hydrogen-bond donors (Lipinski definition) is 3. The molecule has 2 aliphatic rings. The first-order chi connectivity index (χ1) is 15.4. The molecule has 4 rings (SSSR count). The molecule has 32 heavy (non-hydrogen) atoms. The summed E-state index contributed by atoms with van der Waals surface area (Å²) < 4.78 is 5.58. The number of ether oxygens (including phenoxy) is 1. The average molecular weight is 478 g/mol. The maximum Gasteiger partial charge on any atom is 0.414 e. The average Bonchev–Trinajstić information content (AvgIpc) is 3.40. The molecule has 2 heterocycles. The van der Waals surface area contributed by atoms with Crippen LogP contribution in [0.5, 0.6) is 0 Å². The van der Waals surface area contributed by atoms with Gasteiger partial charge in [0.25, 0.3) is 11.8 Å². The van der Waals surface area contributed by atoms with Crippen molar-refractivity contribution < 1.29 is 24.2 Å². The van der Waals surface area contributed by atoms with Gasteiger partial charge in [-0.2, -0.15) is 0 Å². The Morgan fingerprint density at radius 1 is 1.09 bits per heavy atom. The first-order valence-corrected chi connectivity index (χ1v) is 11.7. The summed E-state index contributed by atoms with van der Waals surface area (Å²) in [6, 6.07) is 9.47. The number of benzene rings is 1. The monoisotopic (exact) mass is 477 g/mol. The molecule has 1 saturated heterocycles.